The molecule has 1 N–H and O–H groups in total. The van der Waals surface area contributed by atoms with Crippen LogP contribution in [0.4, 0.5) is 0 Å². The van der Waals surface area contributed by atoms with E-state index >= 15 is 0 Å². The molecule has 0 fully saturated rings. The van der Waals surface area contributed by atoms with E-state index in [1.807, 2.05) is 65.3 Å². The van der Waals surface area contributed by atoms with Crippen LogP contribution in [0.3, 0.4) is 0 Å². The van der Waals surface area contributed by atoms with Crippen LogP contribution in [0, 0.1) is 13.8 Å². The molecule has 0 saturated carbocycles. The molecule has 0 unspecified atom stereocenters. The van der Waals surface area contributed by atoms with E-state index in [1.54, 1.807) is 0 Å². The fraction of sp³-hybridized carbons (Fsp3) is 0.0870. The number of aryl methyl sites for hydroxylation is 2. The Hall–Kier alpha value is -3.33. The number of nitrogens with zero attached hydrogens (tertiary/aromatic N) is 1. The fourth-order valence-corrected chi connectivity index (χ4v) is 3.39. The molecule has 0 bridgehead atoms. The highest BCUT2D eigenvalue weighted by Crippen LogP contribution is 2.33. The molecule has 1 aromatic heterocycles. The molecule has 3 heteroatoms. The van der Waals surface area contributed by atoms with Gasteiger partial charge in [0.25, 0.3) is 5.56 Å². The summed E-state index contributed by atoms with van der Waals surface area (Å²) in [6.45, 7) is 4.13. The third kappa shape index (κ3) is 2.68. The SMILES string of the molecule is Cc1ccccc1-c1c(-c2ccccc2)c(=O)[nH]n1-c1ccccc1C. The lowest BCUT2D eigenvalue weighted by Gasteiger charge is -2.14. The molecule has 0 spiro atoms. The zero-order chi connectivity index (χ0) is 18.1. The lowest BCUT2D eigenvalue weighted by molar-refractivity contribution is 0.863. The summed E-state index contributed by atoms with van der Waals surface area (Å²) in [5.74, 6) is 0. The minimum absolute atomic E-state index is 0.0855. The summed E-state index contributed by atoms with van der Waals surface area (Å²) < 4.78 is 1.92. The topological polar surface area (TPSA) is 37.8 Å². The predicted octanol–water partition coefficient (Wildman–Crippen LogP) is 5.12. The van der Waals surface area contributed by atoms with E-state index in [2.05, 4.69) is 37.1 Å². The third-order valence-corrected chi connectivity index (χ3v) is 4.72. The number of benzene rings is 3. The molecule has 0 aliphatic heterocycles. The quantitative estimate of drug-likeness (QED) is 0.552. The van der Waals surface area contributed by atoms with E-state index in [1.165, 1.54) is 0 Å². The van der Waals surface area contributed by atoms with Crippen LogP contribution in [0.1, 0.15) is 11.1 Å². The lowest BCUT2D eigenvalue weighted by Crippen LogP contribution is -2.06. The van der Waals surface area contributed by atoms with Gasteiger partial charge >= 0.3 is 0 Å². The van der Waals surface area contributed by atoms with Gasteiger partial charge in [-0.1, -0.05) is 72.8 Å². The molecule has 0 aliphatic rings. The Morgan fingerprint density at radius 2 is 1.35 bits per heavy atom. The van der Waals surface area contributed by atoms with Crippen LogP contribution in [0.5, 0.6) is 0 Å². The lowest BCUT2D eigenvalue weighted by atomic mass is 9.98. The van der Waals surface area contributed by atoms with Crippen LogP contribution in [0.2, 0.25) is 0 Å². The fourth-order valence-electron chi connectivity index (χ4n) is 3.39. The molecule has 0 saturated heterocycles. The first kappa shape index (κ1) is 16.2. The van der Waals surface area contributed by atoms with Crippen molar-refractivity contribution < 1.29 is 0 Å². The van der Waals surface area contributed by atoms with E-state index in [0.717, 1.165) is 33.6 Å². The van der Waals surface area contributed by atoms with Gasteiger partial charge in [-0.3, -0.25) is 14.6 Å². The summed E-state index contributed by atoms with van der Waals surface area (Å²) in [5, 5.41) is 3.06. The summed E-state index contributed by atoms with van der Waals surface area (Å²) in [7, 11) is 0. The summed E-state index contributed by atoms with van der Waals surface area (Å²) in [6.07, 6.45) is 0. The Balaban J connectivity index is 2.11. The van der Waals surface area contributed by atoms with Crippen molar-refractivity contribution in [1.29, 1.82) is 0 Å². The summed E-state index contributed by atoms with van der Waals surface area (Å²) in [5.41, 5.74) is 6.69. The van der Waals surface area contributed by atoms with Crippen LogP contribution < -0.4 is 5.56 Å². The number of aromatic nitrogens is 2. The number of para-hydroxylation sites is 1. The van der Waals surface area contributed by atoms with Gasteiger partial charge in [-0.05, 0) is 36.6 Å². The minimum Gasteiger partial charge on any atom is -0.267 e. The van der Waals surface area contributed by atoms with Crippen LogP contribution in [0.15, 0.2) is 83.7 Å². The summed E-state index contributed by atoms with van der Waals surface area (Å²) in [4.78, 5) is 13.0. The van der Waals surface area contributed by atoms with Crippen molar-refractivity contribution in [2.24, 2.45) is 0 Å². The Labute approximate surface area is 152 Å². The maximum absolute atomic E-state index is 13.0. The Morgan fingerprint density at radius 1 is 0.731 bits per heavy atom. The number of aromatic amines is 1. The van der Waals surface area contributed by atoms with E-state index in [0.29, 0.717) is 5.56 Å². The van der Waals surface area contributed by atoms with Gasteiger partial charge in [0.1, 0.15) is 0 Å². The third-order valence-electron chi connectivity index (χ3n) is 4.72. The molecule has 3 aromatic carbocycles. The van der Waals surface area contributed by atoms with Crippen LogP contribution >= 0.6 is 0 Å². The van der Waals surface area contributed by atoms with Gasteiger partial charge < -0.3 is 0 Å². The highest BCUT2D eigenvalue weighted by Gasteiger charge is 2.20. The molecule has 128 valence electrons. The number of rotatable bonds is 3. The van der Waals surface area contributed by atoms with Crippen LogP contribution in [0.25, 0.3) is 28.1 Å². The predicted molar refractivity (Wildman–Crippen MR) is 107 cm³/mol. The van der Waals surface area contributed by atoms with Gasteiger partial charge in [0.05, 0.1) is 16.9 Å². The Morgan fingerprint density at radius 3 is 2.04 bits per heavy atom. The highest BCUT2D eigenvalue weighted by molar-refractivity contribution is 5.83. The molecule has 4 rings (SSSR count). The van der Waals surface area contributed by atoms with Crippen molar-refractivity contribution in [3.05, 3.63) is 100 Å². The first-order valence-electron chi connectivity index (χ1n) is 8.69. The molecule has 3 nitrogen and oxygen atoms in total. The van der Waals surface area contributed by atoms with E-state index in [9.17, 15) is 4.79 Å². The van der Waals surface area contributed by atoms with Gasteiger partial charge in [-0.25, -0.2) is 0 Å². The average molecular weight is 340 g/mol. The number of hydrogen-bond acceptors (Lipinski definition) is 1. The standard InChI is InChI=1S/C23H20N2O/c1-16-10-6-8-14-19(16)22-21(18-12-4-3-5-13-18)23(26)24-25(22)20-15-9-7-11-17(20)2/h3-15H,1-2H3,(H,24,26). The zero-order valence-electron chi connectivity index (χ0n) is 14.9. The van der Waals surface area contributed by atoms with E-state index in [4.69, 9.17) is 0 Å². The van der Waals surface area contributed by atoms with Crippen LogP contribution in [-0.2, 0) is 0 Å². The largest absolute Gasteiger partial charge is 0.272 e. The molecule has 1 heterocycles. The summed E-state index contributed by atoms with van der Waals surface area (Å²) >= 11 is 0. The van der Waals surface area contributed by atoms with Gasteiger partial charge in [0.15, 0.2) is 0 Å². The molecule has 26 heavy (non-hydrogen) atoms. The van der Waals surface area contributed by atoms with Crippen LogP contribution in [-0.4, -0.2) is 9.78 Å². The molecular formula is C23H20N2O. The number of nitrogens with one attached hydrogen (secondary N) is 1. The van der Waals surface area contributed by atoms with Crippen molar-refractivity contribution in [3.8, 4) is 28.1 Å². The smallest absolute Gasteiger partial charge is 0.267 e. The van der Waals surface area contributed by atoms with Crippen molar-refractivity contribution in [1.82, 2.24) is 9.78 Å². The normalized spacial score (nSPS) is 10.8. The first-order valence-corrected chi connectivity index (χ1v) is 8.69. The maximum atomic E-state index is 13.0. The van der Waals surface area contributed by atoms with Gasteiger partial charge in [-0.15, -0.1) is 0 Å². The van der Waals surface area contributed by atoms with Gasteiger partial charge in [0, 0.05) is 5.56 Å². The second kappa shape index (κ2) is 6.52. The van der Waals surface area contributed by atoms with E-state index < -0.39 is 0 Å². The average Bonchev–Trinajstić information content (AvgIpc) is 3.00. The Bertz CT molecular complexity index is 1120. The molecule has 0 atom stereocenters. The Kier molecular flexibility index (Phi) is 4.05. The number of hydrogen-bond donors (Lipinski definition) is 1. The molecule has 0 radical (unpaired) electrons. The van der Waals surface area contributed by atoms with E-state index in [-0.39, 0.29) is 5.56 Å². The maximum Gasteiger partial charge on any atom is 0.272 e. The second-order valence-electron chi connectivity index (χ2n) is 6.47. The van der Waals surface area contributed by atoms with Crippen molar-refractivity contribution in [2.75, 3.05) is 0 Å². The van der Waals surface area contributed by atoms with Gasteiger partial charge in [0.2, 0.25) is 0 Å². The zero-order valence-corrected chi connectivity index (χ0v) is 14.9. The molecule has 4 aromatic rings. The highest BCUT2D eigenvalue weighted by atomic mass is 16.1. The van der Waals surface area contributed by atoms with Crippen molar-refractivity contribution in [2.45, 2.75) is 13.8 Å². The van der Waals surface area contributed by atoms with Crippen molar-refractivity contribution in [3.63, 3.8) is 0 Å². The molecule has 0 amide bonds. The van der Waals surface area contributed by atoms with Gasteiger partial charge in [-0.2, -0.15) is 0 Å². The van der Waals surface area contributed by atoms with Crippen molar-refractivity contribution >= 4 is 0 Å². The first-order chi connectivity index (χ1) is 12.7. The second-order valence-corrected chi connectivity index (χ2v) is 6.47. The monoisotopic (exact) mass is 340 g/mol. The molecular weight excluding hydrogens is 320 g/mol. The minimum atomic E-state index is -0.0855. The molecule has 0 aliphatic carbocycles. The summed E-state index contributed by atoms with van der Waals surface area (Å²) in [6, 6.07) is 26.1. The number of H-pyrrole nitrogens is 1.